The molecule has 16 heavy (non-hydrogen) atoms. The average molecular weight is 226 g/mol. The van der Waals surface area contributed by atoms with Gasteiger partial charge in [-0.2, -0.15) is 0 Å². The first-order valence-electron chi connectivity index (χ1n) is 6.94. The fourth-order valence-corrected chi connectivity index (χ4v) is 2.32. The predicted octanol–water partition coefficient (Wildman–Crippen LogP) is 2.89. The summed E-state index contributed by atoms with van der Waals surface area (Å²) >= 11 is 0. The zero-order chi connectivity index (χ0) is 12.0. The lowest BCUT2D eigenvalue weighted by molar-refractivity contribution is 0.165. The Kier molecular flexibility index (Phi) is 5.77. The molecule has 1 rings (SSSR count). The molecule has 0 amide bonds. The van der Waals surface area contributed by atoms with Crippen LogP contribution in [-0.4, -0.2) is 37.1 Å². The largest absolute Gasteiger partial charge is 0.316 e. The van der Waals surface area contributed by atoms with Crippen molar-refractivity contribution in [2.24, 2.45) is 5.41 Å². The van der Waals surface area contributed by atoms with Crippen molar-refractivity contribution in [2.75, 3.05) is 26.2 Å². The van der Waals surface area contributed by atoms with Gasteiger partial charge in [0.25, 0.3) is 0 Å². The van der Waals surface area contributed by atoms with E-state index >= 15 is 0 Å². The van der Waals surface area contributed by atoms with E-state index in [2.05, 4.69) is 37.9 Å². The van der Waals surface area contributed by atoms with E-state index in [0.717, 1.165) is 19.1 Å². The molecule has 1 unspecified atom stereocenters. The lowest BCUT2D eigenvalue weighted by atomic mass is 9.97. The summed E-state index contributed by atoms with van der Waals surface area (Å²) in [4.78, 5) is 2.66. The third-order valence-corrected chi connectivity index (χ3v) is 3.41. The van der Waals surface area contributed by atoms with Crippen molar-refractivity contribution in [3.05, 3.63) is 0 Å². The van der Waals surface area contributed by atoms with Gasteiger partial charge < -0.3 is 10.2 Å². The SMILES string of the molecule is CC(CCNCC(C)(C)C)N1CCCCC1. The van der Waals surface area contributed by atoms with Gasteiger partial charge in [-0.3, -0.25) is 0 Å². The molecule has 1 N–H and O–H groups in total. The first kappa shape index (κ1) is 14.0. The van der Waals surface area contributed by atoms with Gasteiger partial charge >= 0.3 is 0 Å². The van der Waals surface area contributed by atoms with Crippen LogP contribution in [0.4, 0.5) is 0 Å². The van der Waals surface area contributed by atoms with Crippen LogP contribution in [0.25, 0.3) is 0 Å². The molecule has 0 aromatic heterocycles. The maximum absolute atomic E-state index is 3.57. The topological polar surface area (TPSA) is 15.3 Å². The Morgan fingerprint density at radius 1 is 1.12 bits per heavy atom. The summed E-state index contributed by atoms with van der Waals surface area (Å²) in [6.45, 7) is 14.2. The van der Waals surface area contributed by atoms with Crippen molar-refractivity contribution in [3.63, 3.8) is 0 Å². The molecule has 2 nitrogen and oxygen atoms in total. The molecular weight excluding hydrogens is 196 g/mol. The Labute approximate surface area is 102 Å². The van der Waals surface area contributed by atoms with E-state index in [-0.39, 0.29) is 0 Å². The van der Waals surface area contributed by atoms with Gasteiger partial charge in [0.1, 0.15) is 0 Å². The zero-order valence-corrected chi connectivity index (χ0v) is 11.7. The molecule has 1 aliphatic rings. The number of hydrogen-bond acceptors (Lipinski definition) is 2. The summed E-state index contributed by atoms with van der Waals surface area (Å²) in [6.07, 6.45) is 5.53. The molecule has 0 radical (unpaired) electrons. The number of likely N-dealkylation sites (tertiary alicyclic amines) is 1. The van der Waals surface area contributed by atoms with Crippen LogP contribution < -0.4 is 5.32 Å². The highest BCUT2D eigenvalue weighted by Gasteiger charge is 2.16. The molecule has 0 spiro atoms. The van der Waals surface area contributed by atoms with E-state index in [0.29, 0.717) is 5.41 Å². The minimum atomic E-state index is 0.411. The minimum absolute atomic E-state index is 0.411. The van der Waals surface area contributed by atoms with Crippen LogP contribution in [0.2, 0.25) is 0 Å². The van der Waals surface area contributed by atoms with Crippen molar-refractivity contribution in [1.29, 1.82) is 0 Å². The molecule has 1 saturated heterocycles. The normalized spacial score (nSPS) is 21.0. The lowest BCUT2D eigenvalue weighted by Crippen LogP contribution is -2.39. The van der Waals surface area contributed by atoms with E-state index in [4.69, 9.17) is 0 Å². The summed E-state index contributed by atoms with van der Waals surface area (Å²) in [5, 5.41) is 3.57. The van der Waals surface area contributed by atoms with E-state index in [1.54, 1.807) is 0 Å². The van der Waals surface area contributed by atoms with Gasteiger partial charge in [-0.15, -0.1) is 0 Å². The zero-order valence-electron chi connectivity index (χ0n) is 11.7. The summed E-state index contributed by atoms with van der Waals surface area (Å²) in [5.41, 5.74) is 0.411. The maximum atomic E-state index is 3.57. The highest BCUT2D eigenvalue weighted by atomic mass is 15.2. The Hall–Kier alpha value is -0.0800. The molecule has 1 fully saturated rings. The van der Waals surface area contributed by atoms with Gasteiger partial charge in [0, 0.05) is 6.04 Å². The van der Waals surface area contributed by atoms with E-state index in [1.165, 1.54) is 38.8 Å². The Morgan fingerprint density at radius 2 is 1.75 bits per heavy atom. The van der Waals surface area contributed by atoms with Crippen molar-refractivity contribution in [2.45, 2.75) is 59.4 Å². The Balaban J connectivity index is 2.07. The number of nitrogens with zero attached hydrogens (tertiary/aromatic N) is 1. The summed E-state index contributed by atoms with van der Waals surface area (Å²) < 4.78 is 0. The van der Waals surface area contributed by atoms with Gasteiger partial charge in [0.15, 0.2) is 0 Å². The quantitative estimate of drug-likeness (QED) is 0.725. The second kappa shape index (κ2) is 6.61. The molecular formula is C14H30N2. The van der Waals surface area contributed by atoms with Crippen LogP contribution in [0.15, 0.2) is 0 Å². The van der Waals surface area contributed by atoms with Crippen molar-refractivity contribution < 1.29 is 0 Å². The average Bonchev–Trinajstić information content (AvgIpc) is 2.24. The van der Waals surface area contributed by atoms with Crippen LogP contribution in [0.5, 0.6) is 0 Å². The minimum Gasteiger partial charge on any atom is -0.316 e. The molecule has 0 bridgehead atoms. The van der Waals surface area contributed by atoms with E-state index < -0.39 is 0 Å². The highest BCUT2D eigenvalue weighted by Crippen LogP contribution is 2.14. The van der Waals surface area contributed by atoms with Gasteiger partial charge in [0.05, 0.1) is 0 Å². The Morgan fingerprint density at radius 3 is 2.31 bits per heavy atom. The van der Waals surface area contributed by atoms with Crippen LogP contribution in [0.3, 0.4) is 0 Å². The van der Waals surface area contributed by atoms with Crippen LogP contribution >= 0.6 is 0 Å². The van der Waals surface area contributed by atoms with Gasteiger partial charge in [-0.1, -0.05) is 27.2 Å². The first-order chi connectivity index (χ1) is 7.49. The van der Waals surface area contributed by atoms with E-state index in [1.807, 2.05) is 0 Å². The first-order valence-corrected chi connectivity index (χ1v) is 6.94. The highest BCUT2D eigenvalue weighted by molar-refractivity contribution is 4.73. The number of rotatable bonds is 5. The Bertz CT molecular complexity index is 178. The lowest BCUT2D eigenvalue weighted by Gasteiger charge is -2.32. The van der Waals surface area contributed by atoms with Gasteiger partial charge in [-0.05, 0) is 57.8 Å². The second-order valence-electron chi connectivity index (χ2n) is 6.47. The molecule has 96 valence electrons. The number of piperidine rings is 1. The second-order valence-corrected chi connectivity index (χ2v) is 6.47. The molecule has 1 aliphatic heterocycles. The van der Waals surface area contributed by atoms with Crippen molar-refractivity contribution >= 4 is 0 Å². The fraction of sp³-hybridized carbons (Fsp3) is 1.00. The fourth-order valence-electron chi connectivity index (χ4n) is 2.32. The molecule has 0 aromatic rings. The van der Waals surface area contributed by atoms with Crippen molar-refractivity contribution in [1.82, 2.24) is 10.2 Å². The molecule has 0 aliphatic carbocycles. The predicted molar refractivity (Wildman–Crippen MR) is 71.8 cm³/mol. The summed E-state index contributed by atoms with van der Waals surface area (Å²) in [5.74, 6) is 0. The summed E-state index contributed by atoms with van der Waals surface area (Å²) in [6, 6.07) is 0.757. The molecule has 0 saturated carbocycles. The van der Waals surface area contributed by atoms with Crippen LogP contribution in [0.1, 0.15) is 53.4 Å². The van der Waals surface area contributed by atoms with Crippen molar-refractivity contribution in [3.8, 4) is 0 Å². The molecule has 1 heterocycles. The standard InChI is InChI=1S/C14H30N2/c1-13(16-10-6-5-7-11-16)8-9-15-12-14(2,3)4/h13,15H,5-12H2,1-4H3. The smallest absolute Gasteiger partial charge is 0.00790 e. The molecule has 2 heteroatoms. The number of hydrogen-bond donors (Lipinski definition) is 1. The van der Waals surface area contributed by atoms with Crippen LogP contribution in [0, 0.1) is 5.41 Å². The van der Waals surface area contributed by atoms with E-state index in [9.17, 15) is 0 Å². The van der Waals surface area contributed by atoms with Crippen LogP contribution in [-0.2, 0) is 0 Å². The van der Waals surface area contributed by atoms with Gasteiger partial charge in [0.2, 0.25) is 0 Å². The number of nitrogens with one attached hydrogen (secondary N) is 1. The van der Waals surface area contributed by atoms with Gasteiger partial charge in [-0.25, -0.2) is 0 Å². The third kappa shape index (κ3) is 5.86. The monoisotopic (exact) mass is 226 g/mol. The summed E-state index contributed by atoms with van der Waals surface area (Å²) in [7, 11) is 0. The molecule has 0 aromatic carbocycles. The maximum Gasteiger partial charge on any atom is 0.00790 e. The third-order valence-electron chi connectivity index (χ3n) is 3.41. The molecule has 1 atom stereocenters.